The smallest absolute Gasteiger partial charge is 0.0132 e. The van der Waals surface area contributed by atoms with Crippen LogP contribution in [0.4, 0.5) is 0 Å². The first-order chi connectivity index (χ1) is 7.83. The van der Waals surface area contributed by atoms with Crippen LogP contribution < -0.4 is 0 Å². The molecule has 0 nitrogen and oxygen atoms in total. The average Bonchev–Trinajstić information content (AvgIpc) is 2.96. The molecular formula is C15H14S. The molecule has 10 radical (unpaired) electrons. The number of hydrogen-bond acceptors (Lipinski definition) is 1. The molecule has 0 aromatic carbocycles. The van der Waals surface area contributed by atoms with Gasteiger partial charge in [0.1, 0.15) is 0 Å². The summed E-state index contributed by atoms with van der Waals surface area (Å²) >= 11 is 1.71. The Morgan fingerprint density at radius 2 is 1.50 bits per heavy atom. The Bertz CT molecular complexity index is 265. The van der Waals surface area contributed by atoms with Gasteiger partial charge in [-0.05, 0) is 74.2 Å². The number of hydrogen-bond donors (Lipinski definition) is 0. The molecule has 2 saturated carbocycles. The van der Waals surface area contributed by atoms with Crippen LogP contribution in [0.25, 0.3) is 0 Å². The summed E-state index contributed by atoms with van der Waals surface area (Å²) in [7, 11) is 0. The van der Waals surface area contributed by atoms with Gasteiger partial charge in [0.2, 0.25) is 0 Å². The molecule has 80 valence electrons. The fourth-order valence-corrected chi connectivity index (χ4v) is 2.23. The van der Waals surface area contributed by atoms with E-state index in [1.54, 1.807) is 11.8 Å². The summed E-state index contributed by atoms with van der Waals surface area (Å²) in [5.41, 5.74) is 2.30. The van der Waals surface area contributed by atoms with E-state index < -0.39 is 0 Å². The quantitative estimate of drug-likeness (QED) is 0.660. The van der Waals surface area contributed by atoms with Crippen molar-refractivity contribution in [2.75, 3.05) is 6.26 Å². The lowest BCUT2D eigenvalue weighted by molar-refractivity contribution is 1.19. The summed E-state index contributed by atoms with van der Waals surface area (Å²) in [4.78, 5) is 0. The van der Waals surface area contributed by atoms with Crippen molar-refractivity contribution in [2.24, 2.45) is 0 Å². The van der Waals surface area contributed by atoms with E-state index in [-0.39, 0.29) is 0 Å². The summed E-state index contributed by atoms with van der Waals surface area (Å²) in [5.74, 6) is 2.43. The van der Waals surface area contributed by atoms with E-state index in [4.69, 9.17) is 0 Å². The summed E-state index contributed by atoms with van der Waals surface area (Å²) < 4.78 is 0. The highest BCUT2D eigenvalue weighted by Gasteiger charge is 2.28. The van der Waals surface area contributed by atoms with Crippen LogP contribution in [0.1, 0.15) is 0 Å². The Morgan fingerprint density at radius 3 is 2.00 bits per heavy atom. The predicted molar refractivity (Wildman–Crippen MR) is 71.6 cm³/mol. The summed E-state index contributed by atoms with van der Waals surface area (Å²) in [5, 5.41) is 2.16. The minimum absolute atomic E-state index is 1.09. The molecule has 0 aromatic heterocycles. The fraction of sp³-hybridized carbons (Fsp3) is 0.0667. The van der Waals surface area contributed by atoms with Gasteiger partial charge in [0.05, 0.1) is 0 Å². The SMILES string of the molecule is C=C([C]1[CH][CH][CH][CH]1)/C(=C/SC)[C]1[CH][CH][CH][CH]1. The van der Waals surface area contributed by atoms with Crippen molar-refractivity contribution in [2.45, 2.75) is 0 Å². The molecule has 1 heteroatoms. The highest BCUT2D eigenvalue weighted by Crippen LogP contribution is 2.41. The van der Waals surface area contributed by atoms with Crippen molar-refractivity contribution in [1.29, 1.82) is 0 Å². The Kier molecular flexibility index (Phi) is 4.57. The zero-order valence-electron chi connectivity index (χ0n) is 9.31. The van der Waals surface area contributed by atoms with Crippen LogP contribution in [-0.4, -0.2) is 6.26 Å². The molecule has 0 aromatic rings. The molecule has 0 aliphatic heterocycles. The normalized spacial score (nSPS) is 24.2. The van der Waals surface area contributed by atoms with E-state index in [0.717, 1.165) is 5.57 Å². The molecule has 2 aliphatic carbocycles. The Hall–Kier alpha value is -0.170. The number of rotatable bonds is 4. The van der Waals surface area contributed by atoms with Gasteiger partial charge in [-0.3, -0.25) is 0 Å². The van der Waals surface area contributed by atoms with Crippen LogP contribution in [0.3, 0.4) is 0 Å². The van der Waals surface area contributed by atoms with Gasteiger partial charge in [-0.2, -0.15) is 0 Å². The zero-order chi connectivity index (χ0) is 11.4. The maximum Gasteiger partial charge on any atom is 0.0132 e. The van der Waals surface area contributed by atoms with Gasteiger partial charge in [-0.1, -0.05) is 6.58 Å². The second kappa shape index (κ2) is 5.95. The van der Waals surface area contributed by atoms with E-state index in [2.05, 4.69) is 56.8 Å². The van der Waals surface area contributed by atoms with E-state index >= 15 is 0 Å². The first-order valence-corrected chi connectivity index (χ1v) is 6.48. The van der Waals surface area contributed by atoms with Gasteiger partial charge < -0.3 is 0 Å². The molecule has 2 fully saturated rings. The van der Waals surface area contributed by atoms with Gasteiger partial charge in [0.25, 0.3) is 0 Å². The summed E-state index contributed by atoms with van der Waals surface area (Å²) in [6.45, 7) is 4.19. The monoisotopic (exact) mass is 226 g/mol. The van der Waals surface area contributed by atoms with Crippen molar-refractivity contribution in [3.8, 4) is 0 Å². The molecule has 0 saturated heterocycles. The molecule has 0 heterocycles. The topological polar surface area (TPSA) is 0 Å². The van der Waals surface area contributed by atoms with Crippen LogP contribution >= 0.6 is 11.8 Å². The van der Waals surface area contributed by atoms with Crippen molar-refractivity contribution in [3.05, 3.63) is 86.3 Å². The molecule has 0 atom stereocenters. The van der Waals surface area contributed by atoms with E-state index in [1.165, 1.54) is 17.4 Å². The third kappa shape index (κ3) is 2.74. The van der Waals surface area contributed by atoms with E-state index in [0.29, 0.717) is 0 Å². The molecule has 2 aliphatic rings. The second-order valence-electron chi connectivity index (χ2n) is 3.59. The molecule has 0 bridgehead atoms. The largest absolute Gasteiger partial charge is 0.137 e. The zero-order valence-corrected chi connectivity index (χ0v) is 10.1. The van der Waals surface area contributed by atoms with Crippen LogP contribution in [0, 0.1) is 63.2 Å². The molecule has 16 heavy (non-hydrogen) atoms. The molecule has 2 rings (SSSR count). The van der Waals surface area contributed by atoms with Crippen LogP contribution in [0.15, 0.2) is 23.1 Å². The highest BCUT2D eigenvalue weighted by atomic mass is 32.2. The third-order valence-corrected chi connectivity index (χ3v) is 3.02. The maximum atomic E-state index is 4.19. The predicted octanol–water partition coefficient (Wildman–Crippen LogP) is 3.60. The highest BCUT2D eigenvalue weighted by molar-refractivity contribution is 8.01. The number of allylic oxidation sites excluding steroid dienone is 2. The first-order valence-electron chi connectivity index (χ1n) is 5.19. The van der Waals surface area contributed by atoms with Crippen molar-refractivity contribution in [1.82, 2.24) is 0 Å². The van der Waals surface area contributed by atoms with Gasteiger partial charge >= 0.3 is 0 Å². The fourth-order valence-electron chi connectivity index (χ4n) is 1.72. The molecule has 0 amide bonds. The van der Waals surface area contributed by atoms with E-state index in [1.807, 2.05) is 12.8 Å². The number of thioether (sulfide) groups is 1. The molecule has 0 N–H and O–H groups in total. The molecule has 0 spiro atoms. The van der Waals surface area contributed by atoms with E-state index in [9.17, 15) is 0 Å². The van der Waals surface area contributed by atoms with Crippen LogP contribution in [0.2, 0.25) is 0 Å². The minimum atomic E-state index is 1.09. The maximum absolute atomic E-state index is 4.19. The van der Waals surface area contributed by atoms with Gasteiger partial charge in [0.15, 0.2) is 0 Å². The van der Waals surface area contributed by atoms with Gasteiger partial charge in [-0.15, -0.1) is 11.8 Å². The molecule has 0 unspecified atom stereocenters. The lowest BCUT2D eigenvalue weighted by atomic mass is 9.85. The molecular weight excluding hydrogens is 212 g/mol. The third-order valence-electron chi connectivity index (χ3n) is 2.55. The van der Waals surface area contributed by atoms with Crippen molar-refractivity contribution >= 4 is 11.8 Å². The van der Waals surface area contributed by atoms with Gasteiger partial charge in [-0.25, -0.2) is 0 Å². The van der Waals surface area contributed by atoms with Crippen molar-refractivity contribution < 1.29 is 0 Å². The minimum Gasteiger partial charge on any atom is -0.137 e. The Balaban J connectivity index is 2.05. The lowest BCUT2D eigenvalue weighted by Gasteiger charge is -2.20. The van der Waals surface area contributed by atoms with Crippen molar-refractivity contribution in [3.63, 3.8) is 0 Å². The Morgan fingerprint density at radius 1 is 1.00 bits per heavy atom. The average molecular weight is 226 g/mol. The van der Waals surface area contributed by atoms with Gasteiger partial charge in [0, 0.05) is 11.8 Å². The summed E-state index contributed by atoms with van der Waals surface area (Å²) in [6, 6.07) is 0. The van der Waals surface area contributed by atoms with Crippen LogP contribution in [-0.2, 0) is 0 Å². The lowest BCUT2D eigenvalue weighted by Crippen LogP contribution is -2.06. The van der Waals surface area contributed by atoms with Crippen LogP contribution in [0.5, 0.6) is 0 Å². The Labute approximate surface area is 105 Å². The standard InChI is InChI=1S/C15H14S/c1-12(13-7-3-4-8-13)15(11-16-2)14-9-5-6-10-14/h3-11H,1H2,2H3/b15-11-. The summed E-state index contributed by atoms with van der Waals surface area (Å²) in [6.07, 6.45) is 18.7. The first kappa shape index (κ1) is 12.3. The second-order valence-corrected chi connectivity index (χ2v) is 4.30.